The molecule has 0 aromatic heterocycles. The van der Waals surface area contributed by atoms with Gasteiger partial charge in [-0.25, -0.2) is 4.79 Å². The lowest BCUT2D eigenvalue weighted by Gasteiger charge is -2.43. The zero-order valence-corrected chi connectivity index (χ0v) is 12.2. The standard InChI is InChI=1S/C15H16N2O3S/c1-3-9-17-14(21)16-12-8-6-5-7-11(12)15(17,19)13(18)20-10-4-2/h3-8,19H,1-2,9-10H2,(H,16,21). The fourth-order valence-corrected chi connectivity index (χ4v) is 2.49. The number of aliphatic hydroxyl groups is 1. The van der Waals surface area contributed by atoms with E-state index in [2.05, 4.69) is 18.5 Å². The van der Waals surface area contributed by atoms with E-state index in [4.69, 9.17) is 17.0 Å². The fraction of sp³-hybridized carbons (Fsp3) is 0.200. The van der Waals surface area contributed by atoms with Crippen LogP contribution in [0.3, 0.4) is 0 Å². The summed E-state index contributed by atoms with van der Waals surface area (Å²) < 4.78 is 5.05. The molecule has 5 nitrogen and oxygen atoms in total. The molecule has 21 heavy (non-hydrogen) atoms. The van der Waals surface area contributed by atoms with Crippen LogP contribution in [-0.2, 0) is 15.3 Å². The molecule has 1 heterocycles. The number of rotatable bonds is 5. The molecule has 110 valence electrons. The maximum Gasteiger partial charge on any atom is 0.365 e. The molecule has 0 bridgehead atoms. The molecule has 1 unspecified atom stereocenters. The van der Waals surface area contributed by atoms with Gasteiger partial charge in [0.15, 0.2) is 5.11 Å². The van der Waals surface area contributed by atoms with Crippen LogP contribution in [0.4, 0.5) is 5.69 Å². The Hall–Kier alpha value is -2.18. The second kappa shape index (κ2) is 6.07. The smallest absolute Gasteiger partial charge is 0.365 e. The van der Waals surface area contributed by atoms with Crippen LogP contribution in [0.1, 0.15) is 5.56 Å². The molecule has 0 saturated carbocycles. The summed E-state index contributed by atoms with van der Waals surface area (Å²) in [7, 11) is 0. The Morgan fingerprint density at radius 1 is 1.43 bits per heavy atom. The molecular formula is C15H16N2O3S. The van der Waals surface area contributed by atoms with Crippen LogP contribution in [0.25, 0.3) is 0 Å². The summed E-state index contributed by atoms with van der Waals surface area (Å²) in [4.78, 5) is 13.7. The molecule has 1 aromatic rings. The van der Waals surface area contributed by atoms with Crippen LogP contribution in [-0.4, -0.2) is 34.2 Å². The normalized spacial score (nSPS) is 20.2. The maximum atomic E-state index is 12.4. The number of nitrogens with one attached hydrogen (secondary N) is 1. The van der Waals surface area contributed by atoms with Crippen molar-refractivity contribution in [2.75, 3.05) is 18.5 Å². The van der Waals surface area contributed by atoms with Crippen molar-refractivity contribution < 1.29 is 14.6 Å². The highest BCUT2D eigenvalue weighted by Crippen LogP contribution is 2.37. The van der Waals surface area contributed by atoms with E-state index in [0.717, 1.165) is 0 Å². The molecule has 0 radical (unpaired) electrons. The molecule has 1 aliphatic rings. The number of ether oxygens (including phenoxy) is 1. The van der Waals surface area contributed by atoms with E-state index in [0.29, 0.717) is 11.3 Å². The Kier molecular flexibility index (Phi) is 4.40. The van der Waals surface area contributed by atoms with Crippen molar-refractivity contribution in [1.82, 2.24) is 4.90 Å². The van der Waals surface area contributed by atoms with Gasteiger partial charge in [0.2, 0.25) is 0 Å². The number of esters is 1. The Morgan fingerprint density at radius 3 is 2.81 bits per heavy atom. The van der Waals surface area contributed by atoms with Gasteiger partial charge in [-0.2, -0.15) is 0 Å². The van der Waals surface area contributed by atoms with Gasteiger partial charge in [-0.3, -0.25) is 0 Å². The van der Waals surface area contributed by atoms with Crippen molar-refractivity contribution in [1.29, 1.82) is 0 Å². The minimum Gasteiger partial charge on any atom is -0.458 e. The Balaban J connectivity index is 2.53. The lowest BCUT2D eigenvalue weighted by molar-refractivity contribution is -0.182. The third kappa shape index (κ3) is 2.55. The number of hydrogen-bond donors (Lipinski definition) is 2. The van der Waals surface area contributed by atoms with E-state index in [1.165, 1.54) is 11.0 Å². The molecular weight excluding hydrogens is 288 g/mol. The monoisotopic (exact) mass is 304 g/mol. The third-order valence-corrected chi connectivity index (χ3v) is 3.43. The first-order valence-electron chi connectivity index (χ1n) is 6.35. The molecule has 1 aliphatic heterocycles. The maximum absolute atomic E-state index is 12.4. The highest BCUT2D eigenvalue weighted by molar-refractivity contribution is 7.80. The fourth-order valence-electron chi connectivity index (χ4n) is 2.17. The van der Waals surface area contributed by atoms with E-state index < -0.39 is 11.7 Å². The van der Waals surface area contributed by atoms with Crippen molar-refractivity contribution in [2.45, 2.75) is 5.72 Å². The van der Waals surface area contributed by atoms with E-state index in [-0.39, 0.29) is 18.3 Å². The molecule has 1 atom stereocenters. The SMILES string of the molecule is C=CCOC(=O)C1(O)c2ccccc2NC(=S)N1CC=C. The van der Waals surface area contributed by atoms with Crippen molar-refractivity contribution in [3.8, 4) is 0 Å². The number of benzene rings is 1. The predicted molar refractivity (Wildman–Crippen MR) is 84.6 cm³/mol. The van der Waals surface area contributed by atoms with Gasteiger partial charge in [-0.15, -0.1) is 6.58 Å². The molecule has 0 spiro atoms. The topological polar surface area (TPSA) is 61.8 Å². The van der Waals surface area contributed by atoms with Crippen molar-refractivity contribution in [3.63, 3.8) is 0 Å². The summed E-state index contributed by atoms with van der Waals surface area (Å²) in [5, 5.41) is 14.2. The minimum atomic E-state index is -1.99. The van der Waals surface area contributed by atoms with Gasteiger partial charge < -0.3 is 20.1 Å². The number of hydrogen-bond acceptors (Lipinski definition) is 4. The lowest BCUT2D eigenvalue weighted by Crippen LogP contribution is -2.59. The first-order chi connectivity index (χ1) is 10.1. The number of nitrogens with zero attached hydrogens (tertiary/aromatic N) is 1. The largest absolute Gasteiger partial charge is 0.458 e. The average molecular weight is 304 g/mol. The highest BCUT2D eigenvalue weighted by atomic mass is 32.1. The molecule has 2 rings (SSSR count). The average Bonchev–Trinajstić information content (AvgIpc) is 2.49. The quantitative estimate of drug-likeness (QED) is 0.491. The Labute approximate surface area is 128 Å². The van der Waals surface area contributed by atoms with Gasteiger partial charge in [0.05, 0.1) is 0 Å². The zero-order chi connectivity index (χ0) is 15.5. The summed E-state index contributed by atoms with van der Waals surface area (Å²) in [5.41, 5.74) is -1.04. The number of thiocarbonyl (C=S) groups is 1. The molecule has 6 heteroatoms. The number of para-hydroxylation sites is 1. The molecule has 2 N–H and O–H groups in total. The highest BCUT2D eigenvalue weighted by Gasteiger charge is 2.50. The van der Waals surface area contributed by atoms with Crippen LogP contribution in [0, 0.1) is 0 Å². The number of anilines is 1. The van der Waals surface area contributed by atoms with E-state index in [1.807, 2.05) is 0 Å². The third-order valence-electron chi connectivity index (χ3n) is 3.11. The predicted octanol–water partition coefficient (Wildman–Crippen LogP) is 1.76. The van der Waals surface area contributed by atoms with Gasteiger partial charge in [0.25, 0.3) is 5.72 Å². The summed E-state index contributed by atoms with van der Waals surface area (Å²) in [5.74, 6) is -0.805. The van der Waals surface area contributed by atoms with E-state index in [9.17, 15) is 9.90 Å². The second-order valence-electron chi connectivity index (χ2n) is 4.43. The van der Waals surface area contributed by atoms with Crippen LogP contribution in [0.15, 0.2) is 49.6 Å². The molecule has 1 aromatic carbocycles. The molecule has 0 aliphatic carbocycles. The van der Waals surface area contributed by atoms with Gasteiger partial charge in [-0.1, -0.05) is 36.9 Å². The van der Waals surface area contributed by atoms with Gasteiger partial charge in [0.1, 0.15) is 6.61 Å². The van der Waals surface area contributed by atoms with E-state index >= 15 is 0 Å². The van der Waals surface area contributed by atoms with Crippen molar-refractivity contribution in [3.05, 3.63) is 55.1 Å². The van der Waals surface area contributed by atoms with Crippen molar-refractivity contribution >= 4 is 29.0 Å². The lowest BCUT2D eigenvalue weighted by atomic mass is 9.96. The number of carbonyl (C=O) groups excluding carboxylic acids is 1. The van der Waals surface area contributed by atoms with Crippen LogP contribution >= 0.6 is 12.2 Å². The summed E-state index contributed by atoms with van der Waals surface area (Å²) in [6, 6.07) is 6.90. The van der Waals surface area contributed by atoms with Gasteiger partial charge in [-0.05, 0) is 18.3 Å². The Morgan fingerprint density at radius 2 is 2.14 bits per heavy atom. The zero-order valence-electron chi connectivity index (χ0n) is 11.4. The number of fused-ring (bicyclic) bond motifs is 1. The van der Waals surface area contributed by atoms with Crippen molar-refractivity contribution in [2.24, 2.45) is 0 Å². The summed E-state index contributed by atoms with van der Waals surface area (Å²) in [6.07, 6.45) is 2.98. The van der Waals surface area contributed by atoms with Crippen LogP contribution in [0.5, 0.6) is 0 Å². The van der Waals surface area contributed by atoms with Crippen LogP contribution < -0.4 is 5.32 Å². The summed E-state index contributed by atoms with van der Waals surface area (Å²) in [6.45, 7) is 7.31. The molecule has 0 amide bonds. The van der Waals surface area contributed by atoms with Gasteiger partial charge >= 0.3 is 5.97 Å². The first kappa shape index (κ1) is 15.2. The Bertz CT molecular complexity index is 602. The molecule has 0 saturated heterocycles. The van der Waals surface area contributed by atoms with Crippen LogP contribution in [0.2, 0.25) is 0 Å². The second-order valence-corrected chi connectivity index (χ2v) is 4.82. The minimum absolute atomic E-state index is 0.00539. The first-order valence-corrected chi connectivity index (χ1v) is 6.76. The van der Waals surface area contributed by atoms with Gasteiger partial charge in [0, 0.05) is 17.8 Å². The molecule has 0 fully saturated rings. The number of carbonyl (C=O) groups is 1. The summed E-state index contributed by atoms with van der Waals surface area (Å²) >= 11 is 5.23. The van der Waals surface area contributed by atoms with E-state index in [1.54, 1.807) is 30.3 Å².